The lowest BCUT2D eigenvalue weighted by atomic mass is 10.1. The molecular weight excluding hydrogens is 184 g/mol. The molecule has 1 aromatic carbocycles. The molecule has 1 rings (SSSR count). The molecule has 0 spiro atoms. The summed E-state index contributed by atoms with van der Waals surface area (Å²) in [4.78, 5) is 2.31. The molecule has 0 bridgehead atoms. The second kappa shape index (κ2) is 5.06. The van der Waals surface area contributed by atoms with Gasteiger partial charge in [0, 0.05) is 25.0 Å². The molecule has 0 fully saturated rings. The van der Waals surface area contributed by atoms with Crippen LogP contribution < -0.4 is 10.6 Å². The summed E-state index contributed by atoms with van der Waals surface area (Å²) in [5.74, 6) is 0.729. The standard InChI is InChI=1S/C13H22N2/c1-5-10(2)9-15(4)13-7-6-12(14)8-11(13)3/h6-8,10H,5,9,14H2,1-4H3. The van der Waals surface area contributed by atoms with Gasteiger partial charge in [0.25, 0.3) is 0 Å². The summed E-state index contributed by atoms with van der Waals surface area (Å²) in [6.45, 7) is 7.72. The minimum atomic E-state index is 0.729. The third kappa shape index (κ3) is 3.15. The summed E-state index contributed by atoms with van der Waals surface area (Å²) < 4.78 is 0. The normalized spacial score (nSPS) is 12.5. The molecule has 1 aromatic rings. The average molecular weight is 206 g/mol. The van der Waals surface area contributed by atoms with E-state index >= 15 is 0 Å². The summed E-state index contributed by atoms with van der Waals surface area (Å²) in [5.41, 5.74) is 9.11. The van der Waals surface area contributed by atoms with Crippen LogP contribution in [0.5, 0.6) is 0 Å². The third-order valence-electron chi connectivity index (χ3n) is 2.91. The van der Waals surface area contributed by atoms with Crippen molar-refractivity contribution in [2.75, 3.05) is 24.2 Å². The second-order valence-corrected chi connectivity index (χ2v) is 4.44. The maximum Gasteiger partial charge on any atom is 0.0394 e. The molecule has 0 amide bonds. The molecular formula is C13H22N2. The van der Waals surface area contributed by atoms with Crippen LogP contribution in [0.1, 0.15) is 25.8 Å². The highest BCUT2D eigenvalue weighted by Crippen LogP contribution is 2.22. The maximum atomic E-state index is 5.74. The van der Waals surface area contributed by atoms with Gasteiger partial charge < -0.3 is 10.6 Å². The van der Waals surface area contributed by atoms with Gasteiger partial charge in [-0.05, 0) is 36.6 Å². The van der Waals surface area contributed by atoms with Crippen molar-refractivity contribution in [3.8, 4) is 0 Å². The van der Waals surface area contributed by atoms with E-state index in [1.165, 1.54) is 17.7 Å². The van der Waals surface area contributed by atoms with Crippen molar-refractivity contribution >= 4 is 11.4 Å². The van der Waals surface area contributed by atoms with Crippen LogP contribution in [0.25, 0.3) is 0 Å². The highest BCUT2D eigenvalue weighted by molar-refractivity contribution is 5.58. The Morgan fingerprint density at radius 3 is 2.60 bits per heavy atom. The number of benzene rings is 1. The molecule has 2 heteroatoms. The van der Waals surface area contributed by atoms with E-state index in [1.54, 1.807) is 0 Å². The molecule has 0 heterocycles. The molecule has 1 atom stereocenters. The van der Waals surface area contributed by atoms with E-state index in [2.05, 4.69) is 38.8 Å². The van der Waals surface area contributed by atoms with Crippen LogP contribution in [0.15, 0.2) is 18.2 Å². The summed E-state index contributed by atoms with van der Waals surface area (Å²) in [7, 11) is 2.14. The van der Waals surface area contributed by atoms with Crippen molar-refractivity contribution < 1.29 is 0 Å². The van der Waals surface area contributed by atoms with Gasteiger partial charge in [0.2, 0.25) is 0 Å². The van der Waals surface area contributed by atoms with E-state index < -0.39 is 0 Å². The van der Waals surface area contributed by atoms with Crippen LogP contribution in [0.2, 0.25) is 0 Å². The van der Waals surface area contributed by atoms with E-state index in [1.807, 2.05) is 12.1 Å². The number of nitrogen functional groups attached to an aromatic ring is 1. The lowest BCUT2D eigenvalue weighted by Gasteiger charge is -2.24. The molecule has 0 radical (unpaired) electrons. The Labute approximate surface area is 93.1 Å². The molecule has 0 aromatic heterocycles. The van der Waals surface area contributed by atoms with Gasteiger partial charge in [0.1, 0.15) is 0 Å². The second-order valence-electron chi connectivity index (χ2n) is 4.44. The molecule has 0 aliphatic heterocycles. The SMILES string of the molecule is CCC(C)CN(C)c1ccc(N)cc1C. The summed E-state index contributed by atoms with van der Waals surface area (Å²) in [5, 5.41) is 0. The van der Waals surface area contributed by atoms with Crippen molar-refractivity contribution in [3.05, 3.63) is 23.8 Å². The van der Waals surface area contributed by atoms with Crippen molar-refractivity contribution in [3.63, 3.8) is 0 Å². The minimum Gasteiger partial charge on any atom is -0.399 e. The van der Waals surface area contributed by atoms with E-state index in [4.69, 9.17) is 5.73 Å². The molecule has 1 unspecified atom stereocenters. The number of nitrogens with zero attached hydrogens (tertiary/aromatic N) is 1. The zero-order chi connectivity index (χ0) is 11.4. The molecule has 84 valence electrons. The molecule has 2 nitrogen and oxygen atoms in total. The maximum absolute atomic E-state index is 5.74. The summed E-state index contributed by atoms with van der Waals surface area (Å²) in [6, 6.07) is 6.10. The van der Waals surface area contributed by atoms with Crippen molar-refractivity contribution in [2.45, 2.75) is 27.2 Å². The zero-order valence-electron chi connectivity index (χ0n) is 10.2. The third-order valence-corrected chi connectivity index (χ3v) is 2.91. The van der Waals surface area contributed by atoms with Crippen LogP contribution in [0.4, 0.5) is 11.4 Å². The first kappa shape index (κ1) is 11.9. The Hall–Kier alpha value is -1.18. The fourth-order valence-corrected chi connectivity index (χ4v) is 1.80. The Kier molecular flexibility index (Phi) is 4.01. The van der Waals surface area contributed by atoms with E-state index in [0.717, 1.165) is 18.2 Å². The first-order valence-electron chi connectivity index (χ1n) is 5.61. The number of hydrogen-bond acceptors (Lipinski definition) is 2. The van der Waals surface area contributed by atoms with Gasteiger partial charge in [-0.25, -0.2) is 0 Å². The molecule has 0 saturated carbocycles. The fourth-order valence-electron chi connectivity index (χ4n) is 1.80. The quantitative estimate of drug-likeness (QED) is 0.767. The van der Waals surface area contributed by atoms with Crippen LogP contribution in [0, 0.1) is 12.8 Å². The van der Waals surface area contributed by atoms with Gasteiger partial charge in [0.15, 0.2) is 0 Å². The van der Waals surface area contributed by atoms with Gasteiger partial charge in [-0.2, -0.15) is 0 Å². The number of rotatable bonds is 4. The number of nitrogens with two attached hydrogens (primary N) is 1. The monoisotopic (exact) mass is 206 g/mol. The summed E-state index contributed by atoms with van der Waals surface area (Å²) >= 11 is 0. The van der Waals surface area contributed by atoms with Gasteiger partial charge in [-0.15, -0.1) is 0 Å². The lowest BCUT2D eigenvalue weighted by molar-refractivity contribution is 0.559. The van der Waals surface area contributed by atoms with Gasteiger partial charge >= 0.3 is 0 Å². The topological polar surface area (TPSA) is 29.3 Å². The van der Waals surface area contributed by atoms with Crippen LogP contribution >= 0.6 is 0 Å². The first-order chi connectivity index (χ1) is 7.04. The van der Waals surface area contributed by atoms with Gasteiger partial charge in [-0.3, -0.25) is 0 Å². The highest BCUT2D eigenvalue weighted by Gasteiger charge is 2.07. The molecule has 2 N–H and O–H groups in total. The Morgan fingerprint density at radius 2 is 2.07 bits per heavy atom. The van der Waals surface area contributed by atoms with Crippen molar-refractivity contribution in [1.29, 1.82) is 0 Å². The molecule has 15 heavy (non-hydrogen) atoms. The zero-order valence-corrected chi connectivity index (χ0v) is 10.2. The first-order valence-corrected chi connectivity index (χ1v) is 5.61. The van der Waals surface area contributed by atoms with Crippen LogP contribution in [0.3, 0.4) is 0 Å². The van der Waals surface area contributed by atoms with Crippen molar-refractivity contribution in [2.24, 2.45) is 5.92 Å². The predicted octanol–water partition coefficient (Wildman–Crippen LogP) is 3.06. The Morgan fingerprint density at radius 1 is 1.40 bits per heavy atom. The van der Waals surface area contributed by atoms with E-state index in [-0.39, 0.29) is 0 Å². The number of hydrogen-bond donors (Lipinski definition) is 1. The van der Waals surface area contributed by atoms with Gasteiger partial charge in [-0.1, -0.05) is 20.3 Å². The fraction of sp³-hybridized carbons (Fsp3) is 0.538. The molecule has 0 aliphatic rings. The predicted molar refractivity (Wildman–Crippen MR) is 68.3 cm³/mol. The molecule has 0 aliphatic carbocycles. The Bertz CT molecular complexity index is 320. The minimum absolute atomic E-state index is 0.729. The van der Waals surface area contributed by atoms with Crippen molar-refractivity contribution in [1.82, 2.24) is 0 Å². The summed E-state index contributed by atoms with van der Waals surface area (Å²) in [6.07, 6.45) is 1.22. The average Bonchev–Trinajstić information content (AvgIpc) is 2.17. The lowest BCUT2D eigenvalue weighted by Crippen LogP contribution is -2.24. The van der Waals surface area contributed by atoms with Crippen LogP contribution in [-0.2, 0) is 0 Å². The molecule has 0 saturated heterocycles. The highest BCUT2D eigenvalue weighted by atomic mass is 15.1. The number of aryl methyl sites for hydroxylation is 1. The Balaban J connectivity index is 2.77. The number of anilines is 2. The van der Waals surface area contributed by atoms with Crippen LogP contribution in [-0.4, -0.2) is 13.6 Å². The van der Waals surface area contributed by atoms with E-state index in [9.17, 15) is 0 Å². The smallest absolute Gasteiger partial charge is 0.0394 e. The van der Waals surface area contributed by atoms with Gasteiger partial charge in [0.05, 0.1) is 0 Å². The van der Waals surface area contributed by atoms with E-state index in [0.29, 0.717) is 0 Å². The largest absolute Gasteiger partial charge is 0.399 e.